The van der Waals surface area contributed by atoms with Crippen molar-refractivity contribution >= 4 is 44.9 Å². The van der Waals surface area contributed by atoms with E-state index < -0.39 is 17.5 Å². The summed E-state index contributed by atoms with van der Waals surface area (Å²) < 4.78 is 38.5. The molecule has 7 heteroatoms. The van der Waals surface area contributed by atoms with Gasteiger partial charge in [0.05, 0.1) is 10.6 Å². The van der Waals surface area contributed by atoms with E-state index in [0.717, 1.165) is 12.1 Å². The van der Waals surface area contributed by atoms with Gasteiger partial charge in [0.25, 0.3) is 0 Å². The highest BCUT2D eigenvalue weighted by atomic mass is 79.9. The molecule has 0 unspecified atom stereocenters. The highest BCUT2D eigenvalue weighted by molar-refractivity contribution is 9.10. The summed E-state index contributed by atoms with van der Waals surface area (Å²) in [6, 6.07) is 7.07. The predicted octanol–water partition coefficient (Wildman–Crippen LogP) is 6.01. The fourth-order valence-corrected chi connectivity index (χ4v) is 2.49. The van der Waals surface area contributed by atoms with Crippen LogP contribution in [-0.4, -0.2) is 5.78 Å². The predicted molar refractivity (Wildman–Crippen MR) is 79.0 cm³/mol. The fraction of sp³-hybridized carbons (Fsp3) is 0.0714. The molecule has 1 nitrogen and oxygen atoms in total. The lowest BCUT2D eigenvalue weighted by Gasteiger charge is -2.11. The minimum atomic E-state index is -4.53. The summed E-state index contributed by atoms with van der Waals surface area (Å²) >= 11 is 14.8. The molecule has 0 amide bonds. The van der Waals surface area contributed by atoms with Crippen LogP contribution in [0, 0.1) is 0 Å². The van der Waals surface area contributed by atoms with Gasteiger partial charge in [0, 0.05) is 20.6 Å². The Morgan fingerprint density at radius 1 is 1.00 bits per heavy atom. The number of halogens is 6. The second-order valence-corrected chi connectivity index (χ2v) is 5.84. The molecule has 0 aliphatic rings. The topological polar surface area (TPSA) is 17.1 Å². The van der Waals surface area contributed by atoms with Gasteiger partial charge in [-0.15, -0.1) is 0 Å². The molecule has 0 heterocycles. The maximum absolute atomic E-state index is 12.7. The molecule has 0 N–H and O–H groups in total. The van der Waals surface area contributed by atoms with E-state index in [0.29, 0.717) is 0 Å². The van der Waals surface area contributed by atoms with Gasteiger partial charge in [-0.05, 0) is 36.4 Å². The Morgan fingerprint density at radius 2 is 1.67 bits per heavy atom. The van der Waals surface area contributed by atoms with Crippen molar-refractivity contribution in [2.45, 2.75) is 6.18 Å². The molecule has 0 saturated carbocycles. The van der Waals surface area contributed by atoms with E-state index in [-0.39, 0.29) is 25.6 Å². The van der Waals surface area contributed by atoms with Crippen LogP contribution < -0.4 is 0 Å². The van der Waals surface area contributed by atoms with Crippen LogP contribution in [0.2, 0.25) is 10.0 Å². The third-order valence-electron chi connectivity index (χ3n) is 2.71. The van der Waals surface area contributed by atoms with E-state index in [2.05, 4.69) is 15.9 Å². The molecular weight excluding hydrogens is 392 g/mol. The second-order valence-electron chi connectivity index (χ2n) is 4.15. The van der Waals surface area contributed by atoms with Gasteiger partial charge in [-0.25, -0.2) is 0 Å². The van der Waals surface area contributed by atoms with Gasteiger partial charge in [0.1, 0.15) is 0 Å². The highest BCUT2D eigenvalue weighted by Crippen LogP contribution is 2.33. The van der Waals surface area contributed by atoms with Gasteiger partial charge in [-0.2, -0.15) is 13.2 Å². The normalized spacial score (nSPS) is 11.5. The summed E-state index contributed by atoms with van der Waals surface area (Å²) in [5, 5.41) is 0.388. The van der Waals surface area contributed by atoms with Crippen LogP contribution in [0.4, 0.5) is 13.2 Å². The highest BCUT2D eigenvalue weighted by Gasteiger charge is 2.31. The summed E-state index contributed by atoms with van der Waals surface area (Å²) in [5.41, 5.74) is -0.995. The third-order valence-corrected chi connectivity index (χ3v) is 3.97. The largest absolute Gasteiger partial charge is 0.416 e. The van der Waals surface area contributed by atoms with E-state index in [1.807, 2.05) is 0 Å². The van der Waals surface area contributed by atoms with Crippen molar-refractivity contribution in [3.8, 4) is 0 Å². The van der Waals surface area contributed by atoms with Crippen LogP contribution in [-0.2, 0) is 6.18 Å². The van der Waals surface area contributed by atoms with E-state index in [4.69, 9.17) is 23.2 Å². The zero-order valence-electron chi connectivity index (χ0n) is 10.1. The molecule has 0 spiro atoms. The van der Waals surface area contributed by atoms with Crippen LogP contribution in [0.15, 0.2) is 40.9 Å². The Morgan fingerprint density at radius 3 is 2.29 bits per heavy atom. The van der Waals surface area contributed by atoms with Gasteiger partial charge in [-0.1, -0.05) is 39.1 Å². The number of hydrogen-bond donors (Lipinski definition) is 0. The minimum Gasteiger partial charge on any atom is -0.289 e. The van der Waals surface area contributed by atoms with Crippen molar-refractivity contribution in [1.82, 2.24) is 0 Å². The lowest BCUT2D eigenvalue weighted by atomic mass is 10.0. The number of carbonyl (C=O) groups is 1. The molecule has 0 aliphatic heterocycles. The quantitative estimate of drug-likeness (QED) is 0.567. The fourth-order valence-electron chi connectivity index (χ4n) is 1.69. The molecule has 0 bridgehead atoms. The smallest absolute Gasteiger partial charge is 0.289 e. The van der Waals surface area contributed by atoms with Crippen LogP contribution in [0.25, 0.3) is 0 Å². The van der Waals surface area contributed by atoms with Crippen LogP contribution in [0.1, 0.15) is 21.5 Å². The van der Waals surface area contributed by atoms with Gasteiger partial charge in [0.15, 0.2) is 5.78 Å². The van der Waals surface area contributed by atoms with Crippen molar-refractivity contribution in [2.75, 3.05) is 0 Å². The lowest BCUT2D eigenvalue weighted by molar-refractivity contribution is -0.137. The Kier molecular flexibility index (Phi) is 4.66. The molecule has 2 rings (SSSR count). The van der Waals surface area contributed by atoms with Gasteiger partial charge < -0.3 is 0 Å². The molecule has 21 heavy (non-hydrogen) atoms. The van der Waals surface area contributed by atoms with E-state index >= 15 is 0 Å². The zero-order valence-corrected chi connectivity index (χ0v) is 13.2. The SMILES string of the molecule is O=C(c1cc(Cl)ccc1Cl)c1cc(C(F)(F)F)ccc1Br. The van der Waals surface area contributed by atoms with E-state index in [1.165, 1.54) is 24.3 Å². The first-order valence-electron chi connectivity index (χ1n) is 5.56. The van der Waals surface area contributed by atoms with Crippen molar-refractivity contribution in [3.05, 3.63) is 67.6 Å². The van der Waals surface area contributed by atoms with Crippen LogP contribution in [0.5, 0.6) is 0 Å². The molecular formula is C14H6BrCl2F3O. The maximum Gasteiger partial charge on any atom is 0.416 e. The Balaban J connectivity index is 2.55. The first-order chi connectivity index (χ1) is 9.70. The van der Waals surface area contributed by atoms with Crippen molar-refractivity contribution in [1.29, 1.82) is 0 Å². The molecule has 0 aromatic heterocycles. The monoisotopic (exact) mass is 396 g/mol. The Hall–Kier alpha value is -1.04. The second kappa shape index (κ2) is 5.99. The molecule has 2 aromatic rings. The molecule has 2 aromatic carbocycles. The van der Waals surface area contributed by atoms with Crippen LogP contribution in [0.3, 0.4) is 0 Å². The standard InChI is InChI=1S/C14H6BrCl2F3O/c15-11-3-1-7(14(18,19)20)5-9(11)13(21)10-6-8(16)2-4-12(10)17/h1-6H. The summed E-state index contributed by atoms with van der Waals surface area (Å²) in [7, 11) is 0. The Bertz CT molecular complexity index is 714. The molecule has 0 radical (unpaired) electrons. The van der Waals surface area contributed by atoms with Crippen molar-refractivity contribution in [3.63, 3.8) is 0 Å². The summed E-state index contributed by atoms with van der Waals surface area (Å²) in [6.07, 6.45) is -4.53. The van der Waals surface area contributed by atoms with Crippen molar-refractivity contribution in [2.24, 2.45) is 0 Å². The first-order valence-corrected chi connectivity index (χ1v) is 7.11. The third kappa shape index (κ3) is 3.59. The van der Waals surface area contributed by atoms with Gasteiger partial charge in [-0.3, -0.25) is 4.79 Å². The number of benzene rings is 2. The summed E-state index contributed by atoms with van der Waals surface area (Å²) in [5.74, 6) is -0.638. The lowest BCUT2D eigenvalue weighted by Crippen LogP contribution is -2.09. The number of alkyl halides is 3. The van der Waals surface area contributed by atoms with E-state index in [1.54, 1.807) is 0 Å². The molecule has 0 saturated heterocycles. The number of rotatable bonds is 2. The maximum atomic E-state index is 12.7. The average molecular weight is 398 g/mol. The summed E-state index contributed by atoms with van der Waals surface area (Å²) in [6.45, 7) is 0. The average Bonchev–Trinajstić information content (AvgIpc) is 2.40. The summed E-state index contributed by atoms with van der Waals surface area (Å²) in [4.78, 5) is 12.4. The first kappa shape index (κ1) is 16.3. The van der Waals surface area contributed by atoms with Crippen molar-refractivity contribution < 1.29 is 18.0 Å². The zero-order chi connectivity index (χ0) is 15.8. The Labute approximate surface area is 136 Å². The van der Waals surface area contributed by atoms with Gasteiger partial charge >= 0.3 is 6.18 Å². The number of ketones is 1. The van der Waals surface area contributed by atoms with Crippen LogP contribution >= 0.6 is 39.1 Å². The molecule has 0 atom stereocenters. The van der Waals surface area contributed by atoms with Gasteiger partial charge in [0.2, 0.25) is 0 Å². The number of hydrogen-bond acceptors (Lipinski definition) is 1. The number of carbonyl (C=O) groups excluding carboxylic acids is 1. The molecule has 110 valence electrons. The van der Waals surface area contributed by atoms with E-state index in [9.17, 15) is 18.0 Å². The minimum absolute atomic E-state index is 0.0455. The molecule has 0 aliphatic carbocycles. The molecule has 0 fully saturated rings.